The molecule has 2 heterocycles. The van der Waals surface area contributed by atoms with E-state index in [0.29, 0.717) is 0 Å². The maximum Gasteiger partial charge on any atom is 0.233 e. The SMILES string of the molecule is CC(C)(C)c1cc2c(c(C(C)(C)C)c1)O[C@H]1O[C@H]2Oc2c1cc(C(C)(C)C)cc2C(C)(C)C. The van der Waals surface area contributed by atoms with Gasteiger partial charge >= 0.3 is 0 Å². The lowest BCUT2D eigenvalue weighted by Gasteiger charge is -2.42. The molecule has 2 atom stereocenters. The van der Waals surface area contributed by atoms with E-state index in [2.05, 4.69) is 107 Å². The van der Waals surface area contributed by atoms with Gasteiger partial charge in [0.05, 0.1) is 11.1 Å². The monoisotopic (exact) mass is 450 g/mol. The summed E-state index contributed by atoms with van der Waals surface area (Å²) < 4.78 is 19.8. The van der Waals surface area contributed by atoms with Crippen LogP contribution in [0.1, 0.15) is 129 Å². The third kappa shape index (κ3) is 4.30. The molecule has 3 nitrogen and oxygen atoms in total. The first-order chi connectivity index (χ1) is 14.9. The molecule has 180 valence electrons. The molecule has 2 aliphatic rings. The molecule has 0 saturated heterocycles. The summed E-state index contributed by atoms with van der Waals surface area (Å²) >= 11 is 0. The van der Waals surface area contributed by atoms with Gasteiger partial charge < -0.3 is 9.47 Å². The van der Waals surface area contributed by atoms with Gasteiger partial charge in [0.2, 0.25) is 12.6 Å². The summed E-state index contributed by atoms with van der Waals surface area (Å²) in [6.07, 6.45) is -0.951. The molecule has 0 fully saturated rings. The van der Waals surface area contributed by atoms with Crippen molar-refractivity contribution in [1.82, 2.24) is 0 Å². The quantitative estimate of drug-likeness (QED) is 0.403. The van der Waals surface area contributed by atoms with Crippen molar-refractivity contribution in [1.29, 1.82) is 0 Å². The highest BCUT2D eigenvalue weighted by Gasteiger charge is 2.43. The molecule has 4 rings (SSSR count). The molecule has 2 aromatic carbocycles. The van der Waals surface area contributed by atoms with Gasteiger partial charge in [0, 0.05) is 11.1 Å². The number of rotatable bonds is 0. The van der Waals surface area contributed by atoms with Gasteiger partial charge in [-0.05, 0) is 44.9 Å². The Labute approximate surface area is 200 Å². The molecule has 0 amide bonds. The summed E-state index contributed by atoms with van der Waals surface area (Å²) in [5.41, 5.74) is 6.83. The molecule has 2 aliphatic heterocycles. The van der Waals surface area contributed by atoms with E-state index in [1.54, 1.807) is 0 Å². The van der Waals surface area contributed by atoms with E-state index in [-0.39, 0.29) is 21.7 Å². The number of fused-ring (bicyclic) bond motifs is 6. The second kappa shape index (κ2) is 7.25. The van der Waals surface area contributed by atoms with Gasteiger partial charge in [0.1, 0.15) is 11.5 Å². The summed E-state index contributed by atoms with van der Waals surface area (Å²) in [7, 11) is 0. The standard InChI is InChI=1S/C30H42O3/c1-27(2,3)17-13-19-23(21(15-17)29(7,8)9)31-26-20-14-18(28(4,5)6)16-22(30(10,11)12)24(20)32-25(19)33-26/h13-16,25-26H,1-12H3/t25-,26+. The highest BCUT2D eigenvalue weighted by molar-refractivity contribution is 5.56. The van der Waals surface area contributed by atoms with Crippen molar-refractivity contribution in [2.24, 2.45) is 0 Å². The van der Waals surface area contributed by atoms with Crippen molar-refractivity contribution >= 4 is 0 Å². The van der Waals surface area contributed by atoms with E-state index in [4.69, 9.17) is 14.2 Å². The second-order valence-electron chi connectivity index (χ2n) is 13.9. The van der Waals surface area contributed by atoms with Crippen molar-refractivity contribution in [2.45, 2.75) is 117 Å². The largest absolute Gasteiger partial charge is 0.459 e. The molecule has 0 radical (unpaired) electrons. The van der Waals surface area contributed by atoms with E-state index in [1.807, 2.05) is 0 Å². The molecular weight excluding hydrogens is 408 g/mol. The maximum atomic E-state index is 6.69. The fourth-order valence-corrected chi connectivity index (χ4v) is 4.55. The summed E-state index contributed by atoms with van der Waals surface area (Å²) in [6, 6.07) is 9.06. The maximum absolute atomic E-state index is 6.69. The fourth-order valence-electron chi connectivity index (χ4n) is 4.55. The van der Waals surface area contributed by atoms with E-state index >= 15 is 0 Å². The van der Waals surface area contributed by atoms with E-state index in [1.165, 1.54) is 22.3 Å². The van der Waals surface area contributed by atoms with Crippen molar-refractivity contribution in [3.8, 4) is 11.5 Å². The van der Waals surface area contributed by atoms with Crippen LogP contribution in [0.5, 0.6) is 11.5 Å². The summed E-state index contributed by atoms with van der Waals surface area (Å²) in [6.45, 7) is 26.9. The average molecular weight is 451 g/mol. The molecule has 2 aromatic rings. The molecule has 0 spiro atoms. The summed E-state index contributed by atoms with van der Waals surface area (Å²) in [4.78, 5) is 0. The Kier molecular flexibility index (Phi) is 5.30. The van der Waals surface area contributed by atoms with Crippen LogP contribution in [0.2, 0.25) is 0 Å². The van der Waals surface area contributed by atoms with Crippen molar-refractivity contribution in [2.75, 3.05) is 0 Å². The first-order valence-corrected chi connectivity index (χ1v) is 12.2. The number of hydrogen-bond donors (Lipinski definition) is 0. The van der Waals surface area contributed by atoms with Crippen LogP contribution in [0.25, 0.3) is 0 Å². The Balaban J connectivity index is 1.94. The van der Waals surface area contributed by atoms with Gasteiger partial charge in [0.25, 0.3) is 0 Å². The molecule has 0 aliphatic carbocycles. The minimum Gasteiger partial charge on any atom is -0.459 e. The molecule has 0 unspecified atom stereocenters. The van der Waals surface area contributed by atoms with E-state index < -0.39 is 12.6 Å². The topological polar surface area (TPSA) is 27.7 Å². The first-order valence-electron chi connectivity index (χ1n) is 12.2. The molecule has 0 saturated carbocycles. The second-order valence-corrected chi connectivity index (χ2v) is 13.9. The molecule has 0 aromatic heterocycles. The number of hydrogen-bond acceptors (Lipinski definition) is 3. The van der Waals surface area contributed by atoms with Crippen molar-refractivity contribution in [3.63, 3.8) is 0 Å². The zero-order valence-corrected chi connectivity index (χ0v) is 22.7. The minimum absolute atomic E-state index is 0.0105. The van der Waals surface area contributed by atoms with Crippen molar-refractivity contribution < 1.29 is 14.2 Å². The van der Waals surface area contributed by atoms with Crippen LogP contribution in [0.15, 0.2) is 24.3 Å². The zero-order valence-electron chi connectivity index (χ0n) is 22.7. The highest BCUT2D eigenvalue weighted by Crippen LogP contribution is 2.54. The van der Waals surface area contributed by atoms with Crippen LogP contribution in [0.4, 0.5) is 0 Å². The zero-order chi connectivity index (χ0) is 24.7. The summed E-state index contributed by atoms with van der Waals surface area (Å²) in [5.74, 6) is 1.83. The van der Waals surface area contributed by atoms with E-state index in [9.17, 15) is 0 Å². The smallest absolute Gasteiger partial charge is 0.233 e. The van der Waals surface area contributed by atoms with Crippen LogP contribution in [-0.2, 0) is 26.4 Å². The minimum atomic E-state index is -0.476. The van der Waals surface area contributed by atoms with Crippen LogP contribution < -0.4 is 9.47 Å². The van der Waals surface area contributed by atoms with Crippen LogP contribution in [0.3, 0.4) is 0 Å². The lowest BCUT2D eigenvalue weighted by atomic mass is 9.77. The molecule has 2 bridgehead atoms. The van der Waals surface area contributed by atoms with Crippen molar-refractivity contribution in [3.05, 3.63) is 57.6 Å². The van der Waals surface area contributed by atoms with Crippen LogP contribution in [0, 0.1) is 0 Å². The van der Waals surface area contributed by atoms with Gasteiger partial charge in [-0.15, -0.1) is 0 Å². The lowest BCUT2D eigenvalue weighted by molar-refractivity contribution is -0.228. The average Bonchev–Trinajstić information content (AvgIpc) is 2.63. The van der Waals surface area contributed by atoms with Gasteiger partial charge in [0.15, 0.2) is 0 Å². The third-order valence-corrected chi connectivity index (χ3v) is 6.79. The predicted molar refractivity (Wildman–Crippen MR) is 136 cm³/mol. The Hall–Kier alpha value is -2.00. The molecule has 0 N–H and O–H groups in total. The molecule has 33 heavy (non-hydrogen) atoms. The first kappa shape index (κ1) is 24.1. The van der Waals surface area contributed by atoms with Gasteiger partial charge in [-0.2, -0.15) is 0 Å². The molecule has 3 heteroatoms. The Bertz CT molecular complexity index is 994. The highest BCUT2D eigenvalue weighted by atomic mass is 16.8. The fraction of sp³-hybridized carbons (Fsp3) is 0.600. The summed E-state index contributed by atoms with van der Waals surface area (Å²) in [5, 5.41) is 0. The third-order valence-electron chi connectivity index (χ3n) is 6.79. The van der Waals surface area contributed by atoms with Gasteiger partial charge in [-0.25, -0.2) is 0 Å². The van der Waals surface area contributed by atoms with E-state index in [0.717, 1.165) is 22.6 Å². The van der Waals surface area contributed by atoms with Crippen LogP contribution in [-0.4, -0.2) is 0 Å². The Morgan fingerprint density at radius 2 is 0.818 bits per heavy atom. The predicted octanol–water partition coefficient (Wildman–Crippen LogP) is 8.38. The normalized spacial score (nSPS) is 20.5. The Morgan fingerprint density at radius 1 is 0.485 bits per heavy atom. The number of ether oxygens (including phenoxy) is 3. The lowest BCUT2D eigenvalue weighted by Crippen LogP contribution is -2.34. The van der Waals surface area contributed by atoms with Gasteiger partial charge in [-0.3, -0.25) is 4.74 Å². The van der Waals surface area contributed by atoms with Crippen LogP contribution >= 0.6 is 0 Å². The van der Waals surface area contributed by atoms with Gasteiger partial charge in [-0.1, -0.05) is 95.2 Å². The Morgan fingerprint density at radius 3 is 1.09 bits per heavy atom. The number of benzene rings is 2. The molecular formula is C30H42O3.